The molecule has 2 aliphatic rings. The molecule has 13 heteroatoms. The smallest absolute Gasteiger partial charge is 0.246 e. The lowest BCUT2D eigenvalue weighted by atomic mass is 9.95. The molecule has 0 unspecified atom stereocenters. The third-order valence-electron chi connectivity index (χ3n) is 9.21. The van der Waals surface area contributed by atoms with E-state index in [1.807, 2.05) is 66.6 Å². The van der Waals surface area contributed by atoms with Gasteiger partial charge in [0.2, 0.25) is 5.91 Å². The summed E-state index contributed by atoms with van der Waals surface area (Å²) in [6.45, 7) is 9.01. The number of ether oxygens (including phenoxy) is 3. The van der Waals surface area contributed by atoms with Crippen molar-refractivity contribution in [3.05, 3.63) is 90.1 Å². The van der Waals surface area contributed by atoms with Crippen LogP contribution in [0.5, 0.6) is 11.5 Å². The molecular weight excluding hydrogens is 675 g/mol. The second kappa shape index (κ2) is 13.1. The van der Waals surface area contributed by atoms with Gasteiger partial charge in [-0.1, -0.05) is 12.7 Å². The van der Waals surface area contributed by atoms with Gasteiger partial charge >= 0.3 is 0 Å². The second-order valence-electron chi connectivity index (χ2n) is 12.7. The Morgan fingerprint density at radius 1 is 1.02 bits per heavy atom. The van der Waals surface area contributed by atoms with Gasteiger partial charge in [0.1, 0.15) is 47.2 Å². The highest BCUT2D eigenvalue weighted by molar-refractivity contribution is 7.18. The Morgan fingerprint density at radius 2 is 1.86 bits per heavy atom. The van der Waals surface area contributed by atoms with Gasteiger partial charge in [0.15, 0.2) is 0 Å². The molecule has 2 atom stereocenters. The Morgan fingerprint density at radius 3 is 2.71 bits per heavy atom. The van der Waals surface area contributed by atoms with Crippen LogP contribution in [0.15, 0.2) is 72.8 Å². The van der Waals surface area contributed by atoms with Gasteiger partial charge < -0.3 is 19.1 Å². The number of fused-ring (bicyclic) bond motifs is 6. The normalized spacial score (nSPS) is 18.4. The summed E-state index contributed by atoms with van der Waals surface area (Å²) >= 11 is 1.41. The maximum absolute atomic E-state index is 16.4. The molecule has 6 heterocycles. The zero-order chi connectivity index (χ0) is 35.4. The molecular formula is C38H34F2N6O4S. The molecule has 0 aliphatic carbocycles. The van der Waals surface area contributed by atoms with E-state index in [9.17, 15) is 9.18 Å². The first-order chi connectivity index (χ1) is 24.7. The highest BCUT2D eigenvalue weighted by atomic mass is 32.1. The van der Waals surface area contributed by atoms with Crippen molar-refractivity contribution in [2.45, 2.75) is 32.5 Å². The molecule has 0 saturated carbocycles. The van der Waals surface area contributed by atoms with E-state index in [1.165, 1.54) is 23.5 Å². The number of hydrogen-bond donors (Lipinski definition) is 0. The summed E-state index contributed by atoms with van der Waals surface area (Å²) < 4.78 is 54.1. The van der Waals surface area contributed by atoms with Crippen LogP contribution in [0.3, 0.4) is 0 Å². The molecule has 1 amide bonds. The van der Waals surface area contributed by atoms with E-state index in [2.05, 4.69) is 11.7 Å². The fourth-order valence-corrected chi connectivity index (χ4v) is 7.83. The Bertz CT molecular complexity index is 2380. The van der Waals surface area contributed by atoms with Crippen LogP contribution in [0.2, 0.25) is 0 Å². The highest BCUT2D eigenvalue weighted by Gasteiger charge is 2.32. The average molecular weight is 709 g/mol. The largest absolute Gasteiger partial charge is 0.489 e. The molecule has 0 saturated heterocycles. The monoisotopic (exact) mass is 708 g/mol. The van der Waals surface area contributed by atoms with Crippen molar-refractivity contribution >= 4 is 38.2 Å². The van der Waals surface area contributed by atoms with E-state index < -0.39 is 17.7 Å². The van der Waals surface area contributed by atoms with Gasteiger partial charge in [-0.15, -0.1) is 11.3 Å². The van der Waals surface area contributed by atoms with Crippen molar-refractivity contribution in [3.63, 3.8) is 0 Å². The van der Waals surface area contributed by atoms with E-state index in [0.717, 1.165) is 28.0 Å². The number of hydrogen-bond acceptors (Lipinski definition) is 8. The summed E-state index contributed by atoms with van der Waals surface area (Å²) in [5.74, 6) is -1.16. The molecule has 260 valence electrons. The number of benzene rings is 2. The topological polar surface area (TPSA) is 96.5 Å². The van der Waals surface area contributed by atoms with Crippen LogP contribution in [0.25, 0.3) is 54.8 Å². The molecule has 10 nitrogen and oxygen atoms in total. The molecule has 4 aromatic heterocycles. The number of aryl methyl sites for hydroxylation is 1. The standard InChI is InChI=1S/C38H34F2N6O4S/c1-5-33(47)45-9-10-46-30(22(45)3)17-29(43-46)37-35-34-27(40)15-24(39)16-32(34)50-21(2)20-48-11-6-7-12-49-31-18-28-23(19-44(4)42-28)14-26(31)36(41-37)25-8-13-51-38(25)35/h5-8,13-19,21-22H,1,9-12,20H2,2-4H3/b7-6+/t21-,22-/m0/s1. The summed E-state index contributed by atoms with van der Waals surface area (Å²) in [5.41, 5.74) is 4.18. The molecule has 2 aliphatic heterocycles. The maximum Gasteiger partial charge on any atom is 0.246 e. The maximum atomic E-state index is 16.4. The minimum Gasteiger partial charge on any atom is -0.489 e. The van der Waals surface area contributed by atoms with Crippen LogP contribution in [0.1, 0.15) is 25.6 Å². The van der Waals surface area contributed by atoms with Gasteiger partial charge in [-0.2, -0.15) is 10.2 Å². The molecule has 0 N–H and O–H groups in total. The Hall–Kier alpha value is -5.40. The van der Waals surface area contributed by atoms with Crippen LogP contribution < -0.4 is 9.47 Å². The predicted octanol–water partition coefficient (Wildman–Crippen LogP) is 7.48. The van der Waals surface area contributed by atoms with E-state index >= 15 is 4.39 Å². The van der Waals surface area contributed by atoms with Crippen molar-refractivity contribution in [2.75, 3.05) is 26.4 Å². The van der Waals surface area contributed by atoms with Gasteiger partial charge in [-0.3, -0.25) is 14.2 Å². The zero-order valence-electron chi connectivity index (χ0n) is 28.2. The molecule has 0 radical (unpaired) electrons. The Labute approximate surface area is 296 Å². The van der Waals surface area contributed by atoms with Crippen LogP contribution >= 0.6 is 11.3 Å². The van der Waals surface area contributed by atoms with Gasteiger partial charge in [-0.05, 0) is 49.6 Å². The van der Waals surface area contributed by atoms with Gasteiger partial charge in [-0.25, -0.2) is 13.8 Å². The summed E-state index contributed by atoms with van der Waals surface area (Å²) in [5, 5.41) is 13.1. The van der Waals surface area contributed by atoms with Crippen LogP contribution in [0.4, 0.5) is 8.78 Å². The van der Waals surface area contributed by atoms with E-state index in [-0.39, 0.29) is 36.5 Å². The minimum atomic E-state index is -0.801. The van der Waals surface area contributed by atoms with Gasteiger partial charge in [0.05, 0.1) is 48.3 Å². The first kappa shape index (κ1) is 32.8. The fraction of sp³-hybridized carbons (Fsp3) is 0.263. The molecule has 2 aromatic carbocycles. The fourth-order valence-electron chi connectivity index (χ4n) is 6.88. The van der Waals surface area contributed by atoms with Gasteiger partial charge in [0.25, 0.3) is 0 Å². The lowest BCUT2D eigenvalue weighted by Crippen LogP contribution is -2.40. The molecule has 0 fully saturated rings. The lowest BCUT2D eigenvalue weighted by Gasteiger charge is -2.33. The molecule has 8 rings (SSSR count). The van der Waals surface area contributed by atoms with Crippen molar-refractivity contribution in [3.8, 4) is 45.3 Å². The number of pyridine rings is 1. The lowest BCUT2D eigenvalue weighted by molar-refractivity contribution is -0.129. The Kier molecular flexibility index (Phi) is 8.39. The summed E-state index contributed by atoms with van der Waals surface area (Å²) in [7, 11) is 1.86. The third kappa shape index (κ3) is 5.85. The number of aromatic nitrogens is 5. The second-order valence-corrected chi connectivity index (χ2v) is 13.6. The summed E-state index contributed by atoms with van der Waals surface area (Å²) in [4.78, 5) is 19.8. The number of amides is 1. The highest BCUT2D eigenvalue weighted by Crippen LogP contribution is 2.49. The van der Waals surface area contributed by atoms with Crippen molar-refractivity contribution in [1.82, 2.24) is 29.4 Å². The first-order valence-electron chi connectivity index (χ1n) is 16.6. The number of halogens is 2. The summed E-state index contributed by atoms with van der Waals surface area (Å²) in [6.07, 6.45) is 6.41. The minimum absolute atomic E-state index is 0.0230. The number of carbonyl (C=O) groups is 1. The number of thiophene rings is 1. The number of nitrogens with zero attached hydrogens (tertiary/aromatic N) is 6. The quantitative estimate of drug-likeness (QED) is 0.136. The van der Waals surface area contributed by atoms with E-state index in [1.54, 1.807) is 16.5 Å². The van der Waals surface area contributed by atoms with Crippen molar-refractivity contribution in [1.29, 1.82) is 0 Å². The molecule has 0 spiro atoms. The Balaban J connectivity index is 1.44. The average Bonchev–Trinajstić information content (AvgIpc) is 3.85. The van der Waals surface area contributed by atoms with Crippen molar-refractivity contribution < 1.29 is 27.8 Å². The zero-order valence-corrected chi connectivity index (χ0v) is 29.0. The molecule has 6 aromatic rings. The molecule has 2 bridgehead atoms. The molecule has 51 heavy (non-hydrogen) atoms. The van der Waals surface area contributed by atoms with E-state index in [4.69, 9.17) is 24.3 Å². The van der Waals surface area contributed by atoms with Crippen LogP contribution in [0, 0.1) is 11.6 Å². The van der Waals surface area contributed by atoms with Crippen LogP contribution in [-0.4, -0.2) is 67.8 Å². The summed E-state index contributed by atoms with van der Waals surface area (Å²) in [6, 6.07) is 9.46. The van der Waals surface area contributed by atoms with E-state index in [0.29, 0.717) is 58.4 Å². The predicted molar refractivity (Wildman–Crippen MR) is 192 cm³/mol. The van der Waals surface area contributed by atoms with Crippen molar-refractivity contribution in [2.24, 2.45) is 7.05 Å². The van der Waals surface area contributed by atoms with Gasteiger partial charge in [0, 0.05) is 64.6 Å². The third-order valence-corrected chi connectivity index (χ3v) is 10.1. The first-order valence-corrected chi connectivity index (χ1v) is 17.5. The number of carbonyl (C=O) groups excluding carboxylic acids is 1. The SMILES string of the molecule is C=CC(=O)N1CCn2nc(-c3nc4c5ccsc5c3-c3c(F)cc(F)cc3O[C@@H](C)COC/C=C/COc3cc5nn(C)cc5cc3-4)cc2[C@@H]1C. The number of rotatable bonds is 2. The van der Waals surface area contributed by atoms with Crippen LogP contribution in [-0.2, 0) is 23.1 Å².